The zero-order chi connectivity index (χ0) is 14.5. The summed E-state index contributed by atoms with van der Waals surface area (Å²) in [6, 6.07) is 3.81. The summed E-state index contributed by atoms with van der Waals surface area (Å²) in [6.07, 6.45) is -0.923. The van der Waals surface area contributed by atoms with Gasteiger partial charge < -0.3 is 19.6 Å². The third-order valence-electron chi connectivity index (χ3n) is 3.19. The maximum atomic E-state index is 12.4. The molecule has 2 amide bonds. The molecule has 1 atom stereocenters. The van der Waals surface area contributed by atoms with Crippen molar-refractivity contribution < 1.29 is 19.4 Å². The molecule has 0 aromatic carbocycles. The lowest BCUT2D eigenvalue weighted by Crippen LogP contribution is -2.52. The summed E-state index contributed by atoms with van der Waals surface area (Å²) in [5.74, 6) is -1.02. The SMILES string of the molecule is CCN(Cc1cccs1)C(=O)N1CCOC(C(=O)O)C1. The van der Waals surface area contributed by atoms with Crippen LogP contribution in [0, 0.1) is 0 Å². The van der Waals surface area contributed by atoms with Crippen LogP contribution >= 0.6 is 11.3 Å². The molecule has 6 nitrogen and oxygen atoms in total. The fourth-order valence-corrected chi connectivity index (χ4v) is 2.80. The Balaban J connectivity index is 1.98. The van der Waals surface area contributed by atoms with Gasteiger partial charge in [-0.3, -0.25) is 0 Å². The minimum atomic E-state index is -1.02. The Morgan fingerprint density at radius 3 is 3.00 bits per heavy atom. The second kappa shape index (κ2) is 6.71. The van der Waals surface area contributed by atoms with Gasteiger partial charge in [-0.1, -0.05) is 6.07 Å². The number of carboxylic acid groups (broad SMARTS) is 1. The first-order chi connectivity index (χ1) is 9.61. The number of aliphatic carboxylic acids is 1. The second-order valence-electron chi connectivity index (χ2n) is 4.52. The van der Waals surface area contributed by atoms with Crippen molar-refractivity contribution in [1.29, 1.82) is 0 Å². The van der Waals surface area contributed by atoms with Crippen LogP contribution in [0.1, 0.15) is 11.8 Å². The van der Waals surface area contributed by atoms with Gasteiger partial charge in [0.1, 0.15) is 0 Å². The van der Waals surface area contributed by atoms with Crippen LogP contribution in [-0.2, 0) is 16.1 Å². The van der Waals surface area contributed by atoms with Crippen LogP contribution in [0.3, 0.4) is 0 Å². The Kier molecular flexibility index (Phi) is 4.97. The van der Waals surface area contributed by atoms with Gasteiger partial charge in [-0.2, -0.15) is 0 Å². The highest BCUT2D eigenvalue weighted by Crippen LogP contribution is 2.15. The molecule has 1 N–H and O–H groups in total. The van der Waals surface area contributed by atoms with Crippen LogP contribution in [0.2, 0.25) is 0 Å². The third-order valence-corrected chi connectivity index (χ3v) is 4.05. The average molecular weight is 298 g/mol. The maximum absolute atomic E-state index is 12.4. The zero-order valence-electron chi connectivity index (χ0n) is 11.3. The minimum absolute atomic E-state index is 0.106. The van der Waals surface area contributed by atoms with Gasteiger partial charge >= 0.3 is 12.0 Å². The largest absolute Gasteiger partial charge is 0.479 e. The summed E-state index contributed by atoms with van der Waals surface area (Å²) in [6.45, 7) is 3.87. The highest BCUT2D eigenvalue weighted by Gasteiger charge is 2.30. The quantitative estimate of drug-likeness (QED) is 0.914. The van der Waals surface area contributed by atoms with E-state index in [0.717, 1.165) is 4.88 Å². The molecule has 1 aromatic heterocycles. The normalized spacial score (nSPS) is 18.9. The van der Waals surface area contributed by atoms with Gasteiger partial charge in [-0.05, 0) is 18.4 Å². The molecular formula is C13H18N2O4S. The Morgan fingerprint density at radius 2 is 2.40 bits per heavy atom. The first kappa shape index (κ1) is 14.8. The van der Waals surface area contributed by atoms with Crippen LogP contribution in [0.5, 0.6) is 0 Å². The molecule has 0 radical (unpaired) electrons. The van der Waals surface area contributed by atoms with E-state index in [1.807, 2.05) is 24.4 Å². The number of hydrogen-bond acceptors (Lipinski definition) is 4. The lowest BCUT2D eigenvalue weighted by atomic mass is 10.3. The molecule has 20 heavy (non-hydrogen) atoms. The molecule has 2 rings (SSSR count). The highest BCUT2D eigenvalue weighted by molar-refractivity contribution is 7.09. The minimum Gasteiger partial charge on any atom is -0.479 e. The van der Waals surface area contributed by atoms with Crippen LogP contribution in [0.4, 0.5) is 4.79 Å². The summed E-state index contributed by atoms with van der Waals surface area (Å²) in [5.41, 5.74) is 0. The van der Waals surface area contributed by atoms with Gasteiger partial charge in [-0.25, -0.2) is 9.59 Å². The van der Waals surface area contributed by atoms with E-state index in [9.17, 15) is 9.59 Å². The molecule has 1 aliphatic heterocycles. The third kappa shape index (κ3) is 3.49. The zero-order valence-corrected chi connectivity index (χ0v) is 12.1. The number of rotatable bonds is 4. The first-order valence-corrected chi connectivity index (χ1v) is 7.40. The highest BCUT2D eigenvalue weighted by atomic mass is 32.1. The van der Waals surface area contributed by atoms with Crippen LogP contribution in [-0.4, -0.2) is 59.3 Å². The van der Waals surface area contributed by atoms with E-state index in [2.05, 4.69) is 0 Å². The number of morpholine rings is 1. The van der Waals surface area contributed by atoms with E-state index in [0.29, 0.717) is 19.6 Å². The van der Waals surface area contributed by atoms with Gasteiger partial charge in [0.2, 0.25) is 0 Å². The number of carbonyl (C=O) groups is 2. The van der Waals surface area contributed by atoms with E-state index in [1.165, 1.54) is 0 Å². The predicted octanol–water partition coefficient (Wildman–Crippen LogP) is 1.48. The molecule has 1 aromatic rings. The predicted molar refractivity (Wildman–Crippen MR) is 74.7 cm³/mol. The summed E-state index contributed by atoms with van der Waals surface area (Å²) < 4.78 is 5.13. The van der Waals surface area contributed by atoms with Gasteiger partial charge in [0.25, 0.3) is 0 Å². The number of urea groups is 1. The van der Waals surface area contributed by atoms with Crippen molar-refractivity contribution in [2.45, 2.75) is 19.6 Å². The molecule has 2 heterocycles. The Morgan fingerprint density at radius 1 is 1.60 bits per heavy atom. The van der Waals surface area contributed by atoms with Crippen molar-refractivity contribution in [1.82, 2.24) is 9.80 Å². The molecule has 0 aliphatic carbocycles. The topological polar surface area (TPSA) is 70.1 Å². The van der Waals surface area contributed by atoms with Crippen LogP contribution < -0.4 is 0 Å². The standard InChI is InChI=1S/C13H18N2O4S/c1-2-14(8-10-4-3-7-20-10)13(18)15-5-6-19-11(9-15)12(16)17/h3-4,7,11H,2,5-6,8-9H2,1H3,(H,16,17). The van der Waals surface area contributed by atoms with Crippen molar-refractivity contribution in [3.63, 3.8) is 0 Å². The monoisotopic (exact) mass is 298 g/mol. The van der Waals surface area contributed by atoms with Crippen LogP contribution in [0.15, 0.2) is 17.5 Å². The molecule has 0 spiro atoms. The number of carboxylic acids is 1. The van der Waals surface area contributed by atoms with Crippen LogP contribution in [0.25, 0.3) is 0 Å². The number of amides is 2. The number of carbonyl (C=O) groups excluding carboxylic acids is 1. The second-order valence-corrected chi connectivity index (χ2v) is 5.55. The van der Waals surface area contributed by atoms with Gasteiger partial charge in [-0.15, -0.1) is 11.3 Å². The van der Waals surface area contributed by atoms with E-state index in [4.69, 9.17) is 9.84 Å². The Labute approximate surface area is 121 Å². The maximum Gasteiger partial charge on any atom is 0.334 e. The van der Waals surface area contributed by atoms with E-state index in [-0.39, 0.29) is 19.2 Å². The summed E-state index contributed by atoms with van der Waals surface area (Å²) in [5, 5.41) is 10.9. The summed E-state index contributed by atoms with van der Waals surface area (Å²) in [4.78, 5) is 27.8. The molecular weight excluding hydrogens is 280 g/mol. The molecule has 110 valence electrons. The average Bonchev–Trinajstić information content (AvgIpc) is 2.97. The number of thiophene rings is 1. The summed E-state index contributed by atoms with van der Waals surface area (Å²) >= 11 is 1.60. The van der Waals surface area contributed by atoms with E-state index in [1.54, 1.807) is 21.1 Å². The smallest absolute Gasteiger partial charge is 0.334 e. The number of ether oxygens (including phenoxy) is 1. The molecule has 1 saturated heterocycles. The lowest BCUT2D eigenvalue weighted by molar-refractivity contribution is -0.154. The Bertz CT molecular complexity index is 463. The summed E-state index contributed by atoms with van der Waals surface area (Å²) in [7, 11) is 0. The molecule has 1 aliphatic rings. The molecule has 7 heteroatoms. The number of nitrogens with zero attached hydrogens (tertiary/aromatic N) is 2. The van der Waals surface area contributed by atoms with Crippen molar-refractivity contribution in [2.75, 3.05) is 26.2 Å². The van der Waals surface area contributed by atoms with E-state index >= 15 is 0 Å². The van der Waals surface area contributed by atoms with Crippen molar-refractivity contribution >= 4 is 23.3 Å². The van der Waals surface area contributed by atoms with E-state index < -0.39 is 12.1 Å². The molecule has 0 saturated carbocycles. The number of hydrogen-bond donors (Lipinski definition) is 1. The molecule has 1 fully saturated rings. The lowest BCUT2D eigenvalue weighted by Gasteiger charge is -2.34. The fourth-order valence-electron chi connectivity index (χ4n) is 2.08. The van der Waals surface area contributed by atoms with Crippen molar-refractivity contribution in [3.8, 4) is 0 Å². The molecule has 0 bridgehead atoms. The van der Waals surface area contributed by atoms with Gasteiger partial charge in [0.05, 0.1) is 19.7 Å². The van der Waals surface area contributed by atoms with Crippen molar-refractivity contribution in [2.24, 2.45) is 0 Å². The Hall–Kier alpha value is -1.60. The van der Waals surface area contributed by atoms with Gasteiger partial charge in [0, 0.05) is 18.0 Å². The first-order valence-electron chi connectivity index (χ1n) is 6.52. The van der Waals surface area contributed by atoms with Gasteiger partial charge in [0.15, 0.2) is 6.10 Å². The van der Waals surface area contributed by atoms with Crippen molar-refractivity contribution in [3.05, 3.63) is 22.4 Å². The molecule has 1 unspecified atom stereocenters. The fraction of sp³-hybridized carbons (Fsp3) is 0.538.